The summed E-state index contributed by atoms with van der Waals surface area (Å²) in [6.07, 6.45) is 3.65. The van der Waals surface area contributed by atoms with Gasteiger partial charge in [-0.2, -0.15) is 5.10 Å². The molecule has 1 aromatic heterocycles. The maximum Gasteiger partial charge on any atom is 0.251 e. The van der Waals surface area contributed by atoms with Gasteiger partial charge in [0.05, 0.1) is 6.42 Å². The monoisotopic (exact) mass is 236 g/mol. The average Bonchev–Trinajstić information content (AvgIpc) is 2.92. The van der Waals surface area contributed by atoms with E-state index in [0.717, 1.165) is 10.9 Å². The van der Waals surface area contributed by atoms with Crippen molar-refractivity contribution < 1.29 is 4.79 Å². The van der Waals surface area contributed by atoms with E-state index in [-0.39, 0.29) is 5.91 Å². The Kier molecular flexibility index (Phi) is 2.65. The second kappa shape index (κ2) is 4.45. The van der Waals surface area contributed by atoms with E-state index in [9.17, 15) is 4.79 Å². The first-order valence-electron chi connectivity index (χ1n) is 5.83. The molecule has 0 radical (unpaired) electrons. The number of carbonyl (C=O) groups excluding carboxylic acids is 1. The molecule has 0 amide bonds. The van der Waals surface area contributed by atoms with E-state index in [1.807, 2.05) is 24.3 Å². The van der Waals surface area contributed by atoms with Gasteiger partial charge in [-0.15, -0.1) is 0 Å². The number of fused-ring (bicyclic) bond motifs is 1. The van der Waals surface area contributed by atoms with E-state index >= 15 is 0 Å². The van der Waals surface area contributed by atoms with Gasteiger partial charge in [-0.05, 0) is 22.4 Å². The van der Waals surface area contributed by atoms with Gasteiger partial charge in [0.15, 0.2) is 0 Å². The van der Waals surface area contributed by atoms with Crippen LogP contribution in [0.5, 0.6) is 0 Å². The van der Waals surface area contributed by atoms with Crippen molar-refractivity contribution in [3.8, 4) is 0 Å². The molecule has 0 aliphatic rings. The molecule has 0 aliphatic heterocycles. The van der Waals surface area contributed by atoms with Crippen LogP contribution >= 0.6 is 0 Å². The molecule has 0 atom stereocenters. The third-order valence-electron chi connectivity index (χ3n) is 2.93. The van der Waals surface area contributed by atoms with Gasteiger partial charge < -0.3 is 0 Å². The Hall–Kier alpha value is -2.42. The largest absolute Gasteiger partial charge is 0.272 e. The average molecular weight is 236 g/mol. The second-order valence-electron chi connectivity index (χ2n) is 4.20. The summed E-state index contributed by atoms with van der Waals surface area (Å²) < 4.78 is 1.37. The zero-order chi connectivity index (χ0) is 12.4. The molecule has 88 valence electrons. The van der Waals surface area contributed by atoms with Crippen molar-refractivity contribution in [3.05, 3.63) is 66.5 Å². The van der Waals surface area contributed by atoms with E-state index < -0.39 is 0 Å². The van der Waals surface area contributed by atoms with Gasteiger partial charge in [0.1, 0.15) is 0 Å². The van der Waals surface area contributed by atoms with Crippen molar-refractivity contribution in [2.45, 2.75) is 6.42 Å². The molecule has 2 aromatic carbocycles. The maximum atomic E-state index is 11.9. The Labute approximate surface area is 105 Å². The van der Waals surface area contributed by atoms with E-state index in [1.54, 1.807) is 18.5 Å². The van der Waals surface area contributed by atoms with E-state index in [4.69, 9.17) is 0 Å². The Morgan fingerprint density at radius 1 is 1.06 bits per heavy atom. The lowest BCUT2D eigenvalue weighted by Crippen LogP contribution is -2.13. The summed E-state index contributed by atoms with van der Waals surface area (Å²) in [6.45, 7) is 0. The van der Waals surface area contributed by atoms with Gasteiger partial charge in [0, 0.05) is 12.4 Å². The van der Waals surface area contributed by atoms with Crippen LogP contribution in [0.15, 0.2) is 60.9 Å². The van der Waals surface area contributed by atoms with Gasteiger partial charge >= 0.3 is 0 Å². The number of benzene rings is 2. The van der Waals surface area contributed by atoms with Crippen LogP contribution in [0.3, 0.4) is 0 Å². The molecule has 0 saturated carbocycles. The van der Waals surface area contributed by atoms with Crippen LogP contribution in [0.2, 0.25) is 0 Å². The lowest BCUT2D eigenvalue weighted by Gasteiger charge is -2.03. The minimum atomic E-state index is -0.0183. The van der Waals surface area contributed by atoms with Gasteiger partial charge in [-0.25, -0.2) is 4.68 Å². The Balaban J connectivity index is 1.89. The molecule has 0 fully saturated rings. The molecule has 3 heteroatoms. The fourth-order valence-corrected chi connectivity index (χ4v) is 2.02. The molecule has 3 rings (SSSR count). The highest BCUT2D eigenvalue weighted by Crippen LogP contribution is 2.16. The fraction of sp³-hybridized carbons (Fsp3) is 0.0667. The molecule has 0 bridgehead atoms. The molecule has 3 nitrogen and oxygen atoms in total. The first-order chi connectivity index (χ1) is 8.83. The van der Waals surface area contributed by atoms with E-state index in [1.165, 1.54) is 10.1 Å². The van der Waals surface area contributed by atoms with Crippen molar-refractivity contribution in [1.82, 2.24) is 9.78 Å². The topological polar surface area (TPSA) is 34.9 Å². The predicted octanol–water partition coefficient (Wildman–Crippen LogP) is 2.92. The van der Waals surface area contributed by atoms with Gasteiger partial charge in [-0.3, -0.25) is 4.79 Å². The number of hydrogen-bond donors (Lipinski definition) is 0. The summed E-state index contributed by atoms with van der Waals surface area (Å²) >= 11 is 0. The smallest absolute Gasteiger partial charge is 0.251 e. The van der Waals surface area contributed by atoms with Crippen molar-refractivity contribution >= 4 is 16.7 Å². The highest BCUT2D eigenvalue weighted by molar-refractivity contribution is 5.85. The summed E-state index contributed by atoms with van der Waals surface area (Å²) in [5, 5.41) is 6.29. The number of hydrogen-bond acceptors (Lipinski definition) is 2. The number of rotatable bonds is 2. The van der Waals surface area contributed by atoms with Crippen molar-refractivity contribution in [3.63, 3.8) is 0 Å². The Bertz CT molecular complexity index is 687. The molecule has 0 spiro atoms. The van der Waals surface area contributed by atoms with Crippen LogP contribution in [0, 0.1) is 0 Å². The summed E-state index contributed by atoms with van der Waals surface area (Å²) in [6, 6.07) is 16.0. The summed E-state index contributed by atoms with van der Waals surface area (Å²) in [7, 11) is 0. The van der Waals surface area contributed by atoms with Crippen molar-refractivity contribution in [2.24, 2.45) is 0 Å². The van der Waals surface area contributed by atoms with Crippen molar-refractivity contribution in [1.29, 1.82) is 0 Å². The zero-order valence-corrected chi connectivity index (χ0v) is 9.78. The third kappa shape index (κ3) is 2.02. The number of aromatic nitrogens is 2. The molecule has 18 heavy (non-hydrogen) atoms. The standard InChI is InChI=1S/C15H12N2O/c18-15(17-9-3-8-16-17)11-12-6-7-13-4-1-2-5-14(13)10-12/h1-10H,11H2. The second-order valence-corrected chi connectivity index (χ2v) is 4.20. The van der Waals surface area contributed by atoms with Gasteiger partial charge in [-0.1, -0.05) is 42.5 Å². The quantitative estimate of drug-likeness (QED) is 0.685. The summed E-state index contributed by atoms with van der Waals surface area (Å²) in [5.41, 5.74) is 1.01. The highest BCUT2D eigenvalue weighted by atomic mass is 16.2. The predicted molar refractivity (Wildman–Crippen MR) is 70.5 cm³/mol. The number of carbonyl (C=O) groups is 1. The first kappa shape index (κ1) is 10.7. The lowest BCUT2D eigenvalue weighted by molar-refractivity contribution is 0.0898. The molecule has 0 N–H and O–H groups in total. The third-order valence-corrected chi connectivity index (χ3v) is 2.93. The summed E-state index contributed by atoms with van der Waals surface area (Å²) in [4.78, 5) is 11.9. The molecule has 3 aromatic rings. The van der Waals surface area contributed by atoms with Gasteiger partial charge in [0.25, 0.3) is 5.91 Å². The molecular weight excluding hydrogens is 224 g/mol. The van der Waals surface area contributed by atoms with Gasteiger partial charge in [0.2, 0.25) is 0 Å². The molecule has 0 saturated heterocycles. The van der Waals surface area contributed by atoms with Crippen LogP contribution in [-0.4, -0.2) is 15.7 Å². The lowest BCUT2D eigenvalue weighted by atomic mass is 10.1. The zero-order valence-electron chi connectivity index (χ0n) is 9.78. The van der Waals surface area contributed by atoms with E-state index in [0.29, 0.717) is 6.42 Å². The van der Waals surface area contributed by atoms with E-state index in [2.05, 4.69) is 23.3 Å². The molecule has 0 unspecified atom stereocenters. The summed E-state index contributed by atoms with van der Waals surface area (Å²) in [5.74, 6) is -0.0183. The minimum absolute atomic E-state index is 0.0183. The highest BCUT2D eigenvalue weighted by Gasteiger charge is 2.06. The van der Waals surface area contributed by atoms with Crippen LogP contribution in [0.1, 0.15) is 10.4 Å². The number of nitrogens with zero attached hydrogens (tertiary/aromatic N) is 2. The molecular formula is C15H12N2O. The Morgan fingerprint density at radius 2 is 1.89 bits per heavy atom. The maximum absolute atomic E-state index is 11.9. The van der Waals surface area contributed by atoms with Crippen molar-refractivity contribution in [2.75, 3.05) is 0 Å². The SMILES string of the molecule is O=C(Cc1ccc2ccccc2c1)n1cccn1. The minimum Gasteiger partial charge on any atom is -0.272 e. The first-order valence-corrected chi connectivity index (χ1v) is 5.83. The molecule has 0 aliphatic carbocycles. The molecule has 1 heterocycles. The normalized spacial score (nSPS) is 10.7. The van der Waals surface area contributed by atoms with Crippen LogP contribution in [-0.2, 0) is 6.42 Å². The Morgan fingerprint density at radius 3 is 2.67 bits per heavy atom. The van der Waals surface area contributed by atoms with Crippen LogP contribution in [0.4, 0.5) is 0 Å². The van der Waals surface area contributed by atoms with Crippen LogP contribution in [0.25, 0.3) is 10.8 Å². The van der Waals surface area contributed by atoms with Crippen LogP contribution < -0.4 is 0 Å². The fourth-order valence-electron chi connectivity index (χ4n) is 2.02.